The van der Waals surface area contributed by atoms with Crippen molar-refractivity contribution in [2.45, 2.75) is 39.4 Å². The van der Waals surface area contributed by atoms with Crippen LogP contribution in [0.4, 0.5) is 0 Å². The molecule has 0 unspecified atom stereocenters. The van der Waals surface area contributed by atoms with Crippen LogP contribution in [0, 0.1) is 19.8 Å². The minimum Gasteiger partial charge on any atom is -0.378 e. The summed E-state index contributed by atoms with van der Waals surface area (Å²) in [5, 5.41) is 1.36. The largest absolute Gasteiger partial charge is 0.378 e. The molecule has 0 saturated carbocycles. The minimum atomic E-state index is 0.00636. The molecule has 2 aromatic heterocycles. The summed E-state index contributed by atoms with van der Waals surface area (Å²) in [6, 6.07) is 0. The second-order valence-electron chi connectivity index (χ2n) is 6.95. The molecule has 1 aliphatic heterocycles. The first-order chi connectivity index (χ1) is 12.4. The van der Waals surface area contributed by atoms with E-state index in [1.165, 1.54) is 11.8 Å². The number of thiophene rings is 1. The van der Waals surface area contributed by atoms with Crippen molar-refractivity contribution in [3.8, 4) is 0 Å². The molecule has 0 atom stereocenters. The second kappa shape index (κ2) is 8.10. The number of ether oxygens (including phenoxy) is 1. The summed E-state index contributed by atoms with van der Waals surface area (Å²) in [5.41, 5.74) is 1.02. The fraction of sp³-hybridized carbons (Fsp3) is 0.611. The van der Waals surface area contributed by atoms with Gasteiger partial charge in [-0.1, -0.05) is 25.6 Å². The lowest BCUT2D eigenvalue weighted by Crippen LogP contribution is -2.41. The van der Waals surface area contributed by atoms with Gasteiger partial charge in [0.1, 0.15) is 4.83 Å². The van der Waals surface area contributed by atoms with Crippen LogP contribution in [0.1, 0.15) is 24.3 Å². The highest BCUT2D eigenvalue weighted by Crippen LogP contribution is 2.28. The van der Waals surface area contributed by atoms with Gasteiger partial charge in [-0.2, -0.15) is 0 Å². The zero-order valence-corrected chi connectivity index (χ0v) is 17.3. The number of carbonyl (C=O) groups is 1. The monoisotopic (exact) mass is 395 g/mol. The number of thioether (sulfide) groups is 1. The van der Waals surface area contributed by atoms with Crippen LogP contribution in [0.15, 0.2) is 9.95 Å². The number of amides is 1. The average Bonchev–Trinajstić information content (AvgIpc) is 2.90. The molecule has 0 aromatic carbocycles. The van der Waals surface area contributed by atoms with E-state index in [4.69, 9.17) is 9.72 Å². The van der Waals surface area contributed by atoms with Crippen LogP contribution in [-0.2, 0) is 16.1 Å². The third-order valence-corrected chi connectivity index (χ3v) is 6.55. The van der Waals surface area contributed by atoms with Gasteiger partial charge >= 0.3 is 0 Å². The molecule has 142 valence electrons. The van der Waals surface area contributed by atoms with Crippen molar-refractivity contribution in [2.24, 2.45) is 5.92 Å². The molecule has 0 radical (unpaired) electrons. The smallest absolute Gasteiger partial charge is 0.263 e. The molecule has 26 heavy (non-hydrogen) atoms. The third-order valence-electron chi connectivity index (χ3n) is 4.49. The fourth-order valence-electron chi connectivity index (χ4n) is 2.98. The first-order valence-corrected chi connectivity index (χ1v) is 10.7. The van der Waals surface area contributed by atoms with E-state index in [1.54, 1.807) is 15.9 Å². The molecule has 0 bridgehead atoms. The van der Waals surface area contributed by atoms with Gasteiger partial charge in [0.2, 0.25) is 5.91 Å². The number of fused-ring (bicyclic) bond motifs is 1. The van der Waals surface area contributed by atoms with Crippen molar-refractivity contribution >= 4 is 39.2 Å². The zero-order valence-electron chi connectivity index (χ0n) is 15.7. The van der Waals surface area contributed by atoms with Gasteiger partial charge in [-0.3, -0.25) is 14.2 Å². The van der Waals surface area contributed by atoms with Gasteiger partial charge in [-0.05, 0) is 25.3 Å². The van der Waals surface area contributed by atoms with Crippen LogP contribution < -0.4 is 5.56 Å². The highest BCUT2D eigenvalue weighted by molar-refractivity contribution is 7.99. The normalized spacial score (nSPS) is 15.2. The Morgan fingerprint density at radius 1 is 1.31 bits per heavy atom. The predicted octanol–water partition coefficient (Wildman–Crippen LogP) is 2.68. The Labute approximate surface area is 161 Å². The fourth-order valence-corrected chi connectivity index (χ4v) is 4.96. The van der Waals surface area contributed by atoms with Crippen LogP contribution >= 0.6 is 23.1 Å². The summed E-state index contributed by atoms with van der Waals surface area (Å²) < 4.78 is 7.04. The van der Waals surface area contributed by atoms with Crippen LogP contribution in [-0.4, -0.2) is 52.4 Å². The van der Waals surface area contributed by atoms with Crippen molar-refractivity contribution in [3.05, 3.63) is 20.8 Å². The average molecular weight is 396 g/mol. The Morgan fingerprint density at radius 2 is 2.00 bits per heavy atom. The van der Waals surface area contributed by atoms with Crippen molar-refractivity contribution < 1.29 is 9.53 Å². The molecular weight excluding hydrogens is 370 g/mol. The molecule has 8 heteroatoms. The molecule has 0 spiro atoms. The number of nitrogens with zero attached hydrogens (tertiary/aromatic N) is 3. The van der Waals surface area contributed by atoms with E-state index in [2.05, 4.69) is 13.8 Å². The summed E-state index contributed by atoms with van der Waals surface area (Å²) >= 11 is 2.91. The topological polar surface area (TPSA) is 64.4 Å². The van der Waals surface area contributed by atoms with Gasteiger partial charge in [0.15, 0.2) is 5.16 Å². The quantitative estimate of drug-likeness (QED) is 0.575. The van der Waals surface area contributed by atoms with E-state index in [-0.39, 0.29) is 11.5 Å². The van der Waals surface area contributed by atoms with Gasteiger partial charge in [0.05, 0.1) is 24.4 Å². The number of morpholine rings is 1. The molecule has 1 fully saturated rings. The number of hydrogen-bond donors (Lipinski definition) is 0. The number of aryl methyl sites for hydroxylation is 2. The second-order valence-corrected chi connectivity index (χ2v) is 9.09. The van der Waals surface area contributed by atoms with Crippen molar-refractivity contribution in [3.63, 3.8) is 0 Å². The van der Waals surface area contributed by atoms with Crippen molar-refractivity contribution in [1.82, 2.24) is 14.5 Å². The number of rotatable bonds is 5. The van der Waals surface area contributed by atoms with E-state index < -0.39 is 0 Å². The van der Waals surface area contributed by atoms with E-state index in [1.807, 2.05) is 18.7 Å². The summed E-state index contributed by atoms with van der Waals surface area (Å²) in [4.78, 5) is 34.0. The minimum absolute atomic E-state index is 0.00636. The molecule has 2 aromatic rings. The first kappa shape index (κ1) is 19.4. The van der Waals surface area contributed by atoms with E-state index in [0.29, 0.717) is 49.7 Å². The molecule has 0 aliphatic carbocycles. The van der Waals surface area contributed by atoms with Crippen LogP contribution in [0.3, 0.4) is 0 Å². The van der Waals surface area contributed by atoms with Crippen molar-refractivity contribution in [2.75, 3.05) is 32.1 Å². The Morgan fingerprint density at radius 3 is 2.65 bits per heavy atom. The van der Waals surface area contributed by atoms with E-state index in [9.17, 15) is 9.59 Å². The molecule has 0 N–H and O–H groups in total. The SMILES string of the molecule is Cc1sc2nc(SCC(=O)N3CCOCC3)n(CC(C)C)c(=O)c2c1C. The van der Waals surface area contributed by atoms with Crippen LogP contribution in [0.25, 0.3) is 10.2 Å². The Hall–Kier alpha value is -1.38. The highest BCUT2D eigenvalue weighted by Gasteiger charge is 2.21. The van der Waals surface area contributed by atoms with E-state index in [0.717, 1.165) is 20.7 Å². The Bertz CT molecular complexity index is 867. The van der Waals surface area contributed by atoms with Crippen LogP contribution in [0.2, 0.25) is 0 Å². The molecule has 3 rings (SSSR count). The van der Waals surface area contributed by atoms with Crippen molar-refractivity contribution in [1.29, 1.82) is 0 Å². The summed E-state index contributed by atoms with van der Waals surface area (Å²) in [7, 11) is 0. The Kier molecular flexibility index (Phi) is 6.04. The highest BCUT2D eigenvalue weighted by atomic mass is 32.2. The molecule has 3 heterocycles. The van der Waals surface area contributed by atoms with Gasteiger partial charge < -0.3 is 9.64 Å². The van der Waals surface area contributed by atoms with E-state index >= 15 is 0 Å². The third kappa shape index (κ3) is 3.97. The molecular formula is C18H25N3O3S2. The lowest BCUT2D eigenvalue weighted by Gasteiger charge is -2.26. The molecule has 1 aliphatic rings. The predicted molar refractivity (Wildman–Crippen MR) is 106 cm³/mol. The van der Waals surface area contributed by atoms with Gasteiger partial charge in [0, 0.05) is 24.5 Å². The van der Waals surface area contributed by atoms with Crippen LogP contribution in [0.5, 0.6) is 0 Å². The first-order valence-electron chi connectivity index (χ1n) is 8.87. The maximum Gasteiger partial charge on any atom is 0.263 e. The van der Waals surface area contributed by atoms with Gasteiger partial charge in [-0.15, -0.1) is 11.3 Å². The number of aromatic nitrogens is 2. The number of hydrogen-bond acceptors (Lipinski definition) is 6. The Balaban J connectivity index is 1.90. The molecule has 6 nitrogen and oxygen atoms in total. The lowest BCUT2D eigenvalue weighted by atomic mass is 10.2. The maximum absolute atomic E-state index is 13.1. The lowest BCUT2D eigenvalue weighted by molar-refractivity contribution is -0.132. The summed E-state index contributed by atoms with van der Waals surface area (Å²) in [5.74, 6) is 0.683. The molecule has 1 amide bonds. The standard InChI is InChI=1S/C18H25N3O3S2/c1-11(2)9-21-17(23)15-12(3)13(4)26-16(15)19-18(21)25-10-14(22)20-5-7-24-8-6-20/h11H,5-10H2,1-4H3. The van der Waals surface area contributed by atoms with Gasteiger partial charge in [0.25, 0.3) is 5.56 Å². The summed E-state index contributed by atoms with van der Waals surface area (Å²) in [6.07, 6.45) is 0. The zero-order chi connectivity index (χ0) is 18.8. The van der Waals surface area contributed by atoms with Gasteiger partial charge in [-0.25, -0.2) is 4.98 Å². The summed E-state index contributed by atoms with van der Waals surface area (Å²) in [6.45, 7) is 11.2. The molecule has 1 saturated heterocycles. The number of carbonyl (C=O) groups excluding carboxylic acids is 1. The maximum atomic E-state index is 13.1.